The van der Waals surface area contributed by atoms with Crippen molar-refractivity contribution >= 4 is 17.9 Å². The molecule has 0 aliphatic rings. The molecule has 1 N–H and O–H groups in total. The van der Waals surface area contributed by atoms with Gasteiger partial charge >= 0.3 is 17.9 Å². The molecule has 9 heteroatoms. The monoisotopic (exact) mass is 1060 g/mol. The van der Waals surface area contributed by atoms with Crippen LogP contribution in [0.2, 0.25) is 0 Å². The number of quaternary nitrogens is 1. The van der Waals surface area contributed by atoms with Crippen LogP contribution in [0.4, 0.5) is 0 Å². The molecule has 0 bridgehead atoms. The lowest BCUT2D eigenvalue weighted by Crippen LogP contribution is -2.40. The first-order valence-corrected chi connectivity index (χ1v) is 30.9. The van der Waals surface area contributed by atoms with Gasteiger partial charge in [-0.05, 0) is 96.3 Å². The molecular weight excluding hydrogens is 947 g/mol. The average Bonchev–Trinajstić information content (AvgIpc) is 3.39. The molecule has 0 aromatic heterocycles. The summed E-state index contributed by atoms with van der Waals surface area (Å²) in [6, 6.07) is 0. The topological polar surface area (TPSA) is 108 Å². The zero-order valence-electron chi connectivity index (χ0n) is 49.6. The number of rotatable bonds is 56. The Morgan fingerprint density at radius 2 is 0.750 bits per heavy atom. The van der Waals surface area contributed by atoms with Crippen molar-refractivity contribution in [1.29, 1.82) is 0 Å². The molecule has 0 saturated heterocycles. The number of nitrogens with zero attached hydrogens (tertiary/aromatic N) is 1. The third kappa shape index (κ3) is 57.9. The molecule has 2 unspecified atom stereocenters. The van der Waals surface area contributed by atoms with Crippen LogP contribution >= 0.6 is 0 Å². The van der Waals surface area contributed by atoms with Crippen LogP contribution in [-0.2, 0) is 33.3 Å². The van der Waals surface area contributed by atoms with Gasteiger partial charge in [-0.3, -0.25) is 9.59 Å². The van der Waals surface area contributed by atoms with E-state index in [0.717, 1.165) is 96.3 Å². The van der Waals surface area contributed by atoms with Gasteiger partial charge in [0, 0.05) is 12.8 Å². The molecule has 436 valence electrons. The van der Waals surface area contributed by atoms with Gasteiger partial charge in [-0.15, -0.1) is 0 Å². The smallest absolute Gasteiger partial charge is 0.361 e. The number of unbranched alkanes of at least 4 members (excludes halogenated alkanes) is 25. The van der Waals surface area contributed by atoms with E-state index in [0.29, 0.717) is 17.4 Å². The number of aliphatic carboxylic acids is 1. The number of carboxylic acids is 1. The number of hydrogen-bond donors (Lipinski definition) is 1. The lowest BCUT2D eigenvalue weighted by atomic mass is 10.0. The maximum absolute atomic E-state index is 12.9. The predicted octanol–water partition coefficient (Wildman–Crippen LogP) is 18.5. The van der Waals surface area contributed by atoms with Crippen LogP contribution in [0.3, 0.4) is 0 Å². The first kappa shape index (κ1) is 72.2. The van der Waals surface area contributed by atoms with Crippen molar-refractivity contribution in [2.75, 3.05) is 47.5 Å². The van der Waals surface area contributed by atoms with E-state index in [1.54, 1.807) is 0 Å². The summed E-state index contributed by atoms with van der Waals surface area (Å²) < 4.78 is 22.9. The molecule has 0 radical (unpaired) electrons. The van der Waals surface area contributed by atoms with Crippen LogP contribution in [0.15, 0.2) is 97.2 Å². The van der Waals surface area contributed by atoms with Crippen LogP contribution in [0.25, 0.3) is 0 Å². The van der Waals surface area contributed by atoms with E-state index in [-0.39, 0.29) is 38.6 Å². The minimum absolute atomic E-state index is 0.183. The number of allylic oxidation sites excluding steroid dienone is 16. The van der Waals surface area contributed by atoms with Crippen molar-refractivity contribution < 1.29 is 42.9 Å². The summed E-state index contributed by atoms with van der Waals surface area (Å²) in [5.41, 5.74) is 0. The largest absolute Gasteiger partial charge is 0.477 e. The van der Waals surface area contributed by atoms with Crippen LogP contribution < -0.4 is 0 Å². The van der Waals surface area contributed by atoms with Gasteiger partial charge in [0.2, 0.25) is 0 Å². The molecule has 9 nitrogen and oxygen atoms in total. The molecule has 0 aliphatic heterocycles. The van der Waals surface area contributed by atoms with Gasteiger partial charge in [-0.25, -0.2) is 4.79 Å². The highest BCUT2D eigenvalue weighted by Crippen LogP contribution is 2.16. The Morgan fingerprint density at radius 3 is 1.12 bits per heavy atom. The maximum Gasteiger partial charge on any atom is 0.361 e. The number of likely N-dealkylation sites (N-methyl/N-ethyl adjacent to an activating group) is 1. The minimum Gasteiger partial charge on any atom is -0.477 e. The highest BCUT2D eigenvalue weighted by atomic mass is 16.7. The molecule has 0 fully saturated rings. The Labute approximate surface area is 467 Å². The third-order valence-electron chi connectivity index (χ3n) is 13.1. The lowest BCUT2D eigenvalue weighted by Gasteiger charge is -2.25. The van der Waals surface area contributed by atoms with E-state index in [4.69, 9.17) is 18.9 Å². The minimum atomic E-state index is -1.52. The Balaban J connectivity index is 4.12. The molecule has 0 rings (SSSR count). The van der Waals surface area contributed by atoms with Crippen LogP contribution in [0.1, 0.15) is 251 Å². The van der Waals surface area contributed by atoms with Gasteiger partial charge in [0.25, 0.3) is 6.29 Å². The van der Waals surface area contributed by atoms with Gasteiger partial charge in [-0.2, -0.15) is 0 Å². The first-order chi connectivity index (χ1) is 37.1. The van der Waals surface area contributed by atoms with Gasteiger partial charge < -0.3 is 28.5 Å². The second kappa shape index (κ2) is 57.4. The number of carboxylic acid groups (broad SMARTS) is 1. The molecule has 0 amide bonds. The molecule has 0 aliphatic carbocycles. The van der Waals surface area contributed by atoms with Crippen LogP contribution in [0, 0.1) is 0 Å². The van der Waals surface area contributed by atoms with Crippen molar-refractivity contribution in [1.82, 2.24) is 0 Å². The second-order valence-electron chi connectivity index (χ2n) is 21.6. The third-order valence-corrected chi connectivity index (χ3v) is 13.1. The maximum atomic E-state index is 12.9. The Bertz CT molecular complexity index is 1570. The fourth-order valence-corrected chi connectivity index (χ4v) is 8.34. The van der Waals surface area contributed by atoms with Gasteiger partial charge in [0.15, 0.2) is 6.10 Å². The summed E-state index contributed by atoms with van der Waals surface area (Å²) in [6.07, 6.45) is 75.0. The van der Waals surface area contributed by atoms with Crippen molar-refractivity contribution in [3.8, 4) is 0 Å². The summed E-state index contributed by atoms with van der Waals surface area (Å²) in [6.45, 7) is 4.73. The van der Waals surface area contributed by atoms with E-state index in [2.05, 4.69) is 111 Å². The number of carbonyl (C=O) groups excluding carboxylic acids is 2. The average molecular weight is 1060 g/mol. The Hall–Kier alpha value is -3.79. The molecule has 0 heterocycles. The van der Waals surface area contributed by atoms with Crippen molar-refractivity contribution in [3.05, 3.63) is 97.2 Å². The Morgan fingerprint density at radius 1 is 0.408 bits per heavy atom. The van der Waals surface area contributed by atoms with Crippen molar-refractivity contribution in [3.63, 3.8) is 0 Å². The Kier molecular flexibility index (Phi) is 54.5. The van der Waals surface area contributed by atoms with E-state index in [1.807, 2.05) is 21.1 Å². The summed E-state index contributed by atoms with van der Waals surface area (Å²) in [5, 5.41) is 9.71. The van der Waals surface area contributed by atoms with E-state index in [9.17, 15) is 19.5 Å². The molecule has 0 aromatic rings. The summed E-state index contributed by atoms with van der Waals surface area (Å²) in [7, 11) is 5.96. The van der Waals surface area contributed by atoms with Crippen LogP contribution in [-0.4, -0.2) is 87.4 Å². The number of carbonyl (C=O) groups is 3. The van der Waals surface area contributed by atoms with Gasteiger partial charge in [0.05, 0.1) is 34.4 Å². The van der Waals surface area contributed by atoms with Crippen LogP contribution in [0.5, 0.6) is 0 Å². The van der Waals surface area contributed by atoms with E-state index in [1.165, 1.54) is 122 Å². The predicted molar refractivity (Wildman–Crippen MR) is 322 cm³/mol. The quantitative estimate of drug-likeness (QED) is 0.0211. The highest BCUT2D eigenvalue weighted by Gasteiger charge is 2.25. The fraction of sp³-hybridized carbons (Fsp3) is 0.716. The number of ether oxygens (including phenoxy) is 4. The summed E-state index contributed by atoms with van der Waals surface area (Å²) >= 11 is 0. The molecule has 0 spiro atoms. The summed E-state index contributed by atoms with van der Waals surface area (Å²) in [5.74, 6) is -2.02. The molecule has 0 aromatic carbocycles. The normalized spacial score (nSPS) is 13.4. The van der Waals surface area contributed by atoms with Crippen molar-refractivity contribution in [2.24, 2.45) is 0 Å². The zero-order valence-corrected chi connectivity index (χ0v) is 49.6. The van der Waals surface area contributed by atoms with Gasteiger partial charge in [-0.1, -0.05) is 239 Å². The van der Waals surface area contributed by atoms with E-state index < -0.39 is 24.3 Å². The summed E-state index contributed by atoms with van der Waals surface area (Å²) in [4.78, 5) is 37.4. The zero-order chi connectivity index (χ0) is 55.5. The molecular formula is C67H116NO8+. The second-order valence-corrected chi connectivity index (χ2v) is 21.6. The van der Waals surface area contributed by atoms with E-state index >= 15 is 0 Å². The molecule has 0 saturated carbocycles. The lowest BCUT2D eigenvalue weighted by molar-refractivity contribution is -0.870. The SMILES string of the molecule is CC/C=C\C/C=C\C/C=C\C/C=C\C/C=C\C/C=C\CCCCCCCCCCCCCCCCCCC(=O)OC(COC(=O)CCCCCCC/C=C\C/C=C\CCCCCC)COC(OCC[N+](C)(C)C)C(=O)O. The fourth-order valence-electron chi connectivity index (χ4n) is 8.34. The molecule has 2 atom stereocenters. The number of esters is 2. The van der Waals surface area contributed by atoms with Gasteiger partial charge in [0.1, 0.15) is 13.2 Å². The number of hydrogen-bond acceptors (Lipinski definition) is 7. The van der Waals surface area contributed by atoms with Crippen molar-refractivity contribution in [2.45, 2.75) is 264 Å². The standard InChI is InChI=1S/C67H115NO8/c1-6-8-10-12-14-16-18-20-22-24-25-26-27-28-29-30-31-32-33-34-35-36-37-38-39-40-41-42-44-46-48-50-52-54-56-58-65(70)76-63(62-75-67(66(71)72)73-60-59-68(3,4)5)61-74-64(69)57-55-53-51-49-47-45-43-23-21-19-17-15-13-11-9-7-2/h8,10,14,16-17,19-20,22-23,25-26,28-29,31-32,43,63,67H,6-7,9,11-13,15,18,21,24,27,30,33-42,44-62H2,1-5H3/p+1/b10-8-,16-14-,19-17-,22-20-,26-25-,29-28-,32-31-,43-23-. The molecule has 76 heavy (non-hydrogen) atoms. The highest BCUT2D eigenvalue weighted by molar-refractivity contribution is 5.71. The first-order valence-electron chi connectivity index (χ1n) is 30.9.